The monoisotopic (exact) mass is 439 g/mol. The lowest BCUT2D eigenvalue weighted by Gasteiger charge is -2.18. The third-order valence-electron chi connectivity index (χ3n) is 5.30. The van der Waals surface area contributed by atoms with E-state index < -0.39 is 0 Å². The summed E-state index contributed by atoms with van der Waals surface area (Å²) < 4.78 is 5.84. The molecular weight excluding hydrogens is 402 g/mol. The van der Waals surface area contributed by atoms with Crippen LogP contribution in [0.15, 0.2) is 53.5 Å². The van der Waals surface area contributed by atoms with E-state index in [1.807, 2.05) is 36.4 Å². The maximum atomic E-state index is 11.8. The van der Waals surface area contributed by atoms with Gasteiger partial charge in [-0.3, -0.25) is 9.79 Å². The number of carbonyl (C=O) groups is 1. The Bertz CT molecular complexity index is 848. The van der Waals surface area contributed by atoms with Crippen LogP contribution < -0.4 is 20.7 Å². The smallest absolute Gasteiger partial charge is 0.251 e. The molecule has 174 valence electrons. The number of ether oxygens (including phenoxy) is 1. The van der Waals surface area contributed by atoms with Gasteiger partial charge in [-0.25, -0.2) is 0 Å². The number of benzene rings is 2. The molecule has 0 saturated heterocycles. The highest BCUT2D eigenvalue weighted by atomic mass is 16.5. The van der Waals surface area contributed by atoms with E-state index in [4.69, 9.17) is 4.74 Å². The standard InChI is InChI=1S/C25H37N5O2/c1-5-30(6-2)16-17-32-23-12-10-21(11-13-23)19-29-25(27-4)28-15-14-20-8-7-9-22(18-20)24(31)26-3/h7-13,18H,5-6,14-17,19H2,1-4H3,(H,26,31)(H2,27,28,29). The Morgan fingerprint density at radius 1 is 1.03 bits per heavy atom. The zero-order valence-corrected chi connectivity index (χ0v) is 19.8. The Hall–Kier alpha value is -3.06. The molecule has 0 atom stereocenters. The topological polar surface area (TPSA) is 78.0 Å². The molecule has 7 heteroatoms. The van der Waals surface area contributed by atoms with Gasteiger partial charge in [0.25, 0.3) is 5.91 Å². The number of rotatable bonds is 12. The molecule has 0 heterocycles. The molecule has 0 bridgehead atoms. The normalized spacial score (nSPS) is 11.3. The second-order valence-electron chi connectivity index (χ2n) is 7.40. The van der Waals surface area contributed by atoms with Crippen LogP contribution in [-0.4, -0.2) is 63.6 Å². The summed E-state index contributed by atoms with van der Waals surface area (Å²) in [5, 5.41) is 9.30. The number of nitrogens with one attached hydrogen (secondary N) is 3. The summed E-state index contributed by atoms with van der Waals surface area (Å²) in [5.41, 5.74) is 2.93. The van der Waals surface area contributed by atoms with Gasteiger partial charge in [0.05, 0.1) is 0 Å². The summed E-state index contributed by atoms with van der Waals surface area (Å²) in [6.07, 6.45) is 0.797. The number of amides is 1. The summed E-state index contributed by atoms with van der Waals surface area (Å²) in [5.74, 6) is 1.56. The summed E-state index contributed by atoms with van der Waals surface area (Å²) in [6.45, 7) is 9.44. The quantitative estimate of drug-likeness (QED) is 0.350. The van der Waals surface area contributed by atoms with Gasteiger partial charge in [-0.05, 0) is 54.9 Å². The maximum Gasteiger partial charge on any atom is 0.251 e. The Morgan fingerprint density at radius 2 is 1.78 bits per heavy atom. The van der Waals surface area contributed by atoms with Crippen LogP contribution in [0.3, 0.4) is 0 Å². The molecule has 2 aromatic carbocycles. The van der Waals surface area contributed by atoms with E-state index in [2.05, 4.69) is 51.8 Å². The summed E-state index contributed by atoms with van der Waals surface area (Å²) in [4.78, 5) is 18.4. The van der Waals surface area contributed by atoms with Gasteiger partial charge in [0.1, 0.15) is 12.4 Å². The predicted molar refractivity (Wildman–Crippen MR) is 131 cm³/mol. The molecule has 0 aliphatic heterocycles. The van der Waals surface area contributed by atoms with Crippen molar-refractivity contribution in [2.45, 2.75) is 26.8 Å². The lowest BCUT2D eigenvalue weighted by molar-refractivity contribution is 0.0963. The first kappa shape index (κ1) is 25.2. The number of hydrogen-bond donors (Lipinski definition) is 3. The number of hydrogen-bond acceptors (Lipinski definition) is 4. The van der Waals surface area contributed by atoms with Gasteiger partial charge in [-0.15, -0.1) is 0 Å². The van der Waals surface area contributed by atoms with Gasteiger partial charge < -0.3 is 25.6 Å². The average Bonchev–Trinajstić information content (AvgIpc) is 2.84. The predicted octanol–water partition coefficient (Wildman–Crippen LogP) is 2.67. The van der Waals surface area contributed by atoms with Crippen molar-refractivity contribution < 1.29 is 9.53 Å². The zero-order valence-electron chi connectivity index (χ0n) is 19.8. The molecular formula is C25H37N5O2. The lowest BCUT2D eigenvalue weighted by Crippen LogP contribution is -2.37. The van der Waals surface area contributed by atoms with Gasteiger partial charge in [0.15, 0.2) is 5.96 Å². The van der Waals surface area contributed by atoms with Gasteiger partial charge in [-0.2, -0.15) is 0 Å². The van der Waals surface area contributed by atoms with Crippen molar-refractivity contribution in [3.8, 4) is 5.75 Å². The summed E-state index contributed by atoms with van der Waals surface area (Å²) >= 11 is 0. The van der Waals surface area contributed by atoms with Crippen LogP contribution in [0, 0.1) is 0 Å². The van der Waals surface area contributed by atoms with Crippen LogP contribution in [0.2, 0.25) is 0 Å². The Balaban J connectivity index is 1.73. The van der Waals surface area contributed by atoms with Crippen molar-refractivity contribution in [1.82, 2.24) is 20.9 Å². The highest BCUT2D eigenvalue weighted by molar-refractivity contribution is 5.94. The molecule has 0 saturated carbocycles. The van der Waals surface area contributed by atoms with Gasteiger partial charge in [0.2, 0.25) is 0 Å². The molecule has 0 unspecified atom stereocenters. The number of guanidine groups is 1. The number of carbonyl (C=O) groups excluding carboxylic acids is 1. The van der Waals surface area contributed by atoms with Gasteiger partial charge in [-0.1, -0.05) is 38.1 Å². The molecule has 2 rings (SSSR count). The minimum absolute atomic E-state index is 0.0717. The Labute approximate surface area is 192 Å². The van der Waals surface area contributed by atoms with E-state index >= 15 is 0 Å². The Kier molecular flexibility index (Phi) is 11.1. The molecule has 3 N–H and O–H groups in total. The van der Waals surface area contributed by atoms with E-state index in [9.17, 15) is 4.79 Å². The Morgan fingerprint density at radius 3 is 2.44 bits per heavy atom. The molecule has 0 aliphatic carbocycles. The van der Waals surface area contributed by atoms with Gasteiger partial charge >= 0.3 is 0 Å². The first-order valence-electron chi connectivity index (χ1n) is 11.3. The van der Waals surface area contributed by atoms with Gasteiger partial charge in [0, 0.05) is 39.3 Å². The largest absolute Gasteiger partial charge is 0.492 e. The van der Waals surface area contributed by atoms with Crippen molar-refractivity contribution >= 4 is 11.9 Å². The van der Waals surface area contributed by atoms with Crippen molar-refractivity contribution in [3.63, 3.8) is 0 Å². The fourth-order valence-corrected chi connectivity index (χ4v) is 3.28. The van der Waals surface area contributed by atoms with E-state index in [0.717, 1.165) is 55.4 Å². The fraction of sp³-hybridized carbons (Fsp3) is 0.440. The van der Waals surface area contributed by atoms with Crippen molar-refractivity contribution in [2.24, 2.45) is 4.99 Å². The third-order valence-corrected chi connectivity index (χ3v) is 5.30. The maximum absolute atomic E-state index is 11.8. The molecule has 0 radical (unpaired) electrons. The molecule has 0 spiro atoms. The van der Waals surface area contributed by atoms with Crippen LogP contribution in [0.5, 0.6) is 5.75 Å². The van der Waals surface area contributed by atoms with Crippen LogP contribution in [-0.2, 0) is 13.0 Å². The average molecular weight is 440 g/mol. The molecule has 0 fully saturated rings. The minimum atomic E-state index is -0.0717. The van der Waals surface area contributed by atoms with Crippen molar-refractivity contribution in [2.75, 3.05) is 46.9 Å². The minimum Gasteiger partial charge on any atom is -0.492 e. The van der Waals surface area contributed by atoms with Crippen molar-refractivity contribution in [3.05, 3.63) is 65.2 Å². The molecule has 0 aromatic heterocycles. The highest BCUT2D eigenvalue weighted by Crippen LogP contribution is 2.12. The van der Waals surface area contributed by atoms with Crippen LogP contribution in [0.25, 0.3) is 0 Å². The molecule has 2 aromatic rings. The highest BCUT2D eigenvalue weighted by Gasteiger charge is 2.05. The molecule has 7 nitrogen and oxygen atoms in total. The van der Waals surface area contributed by atoms with E-state index in [1.54, 1.807) is 14.1 Å². The second-order valence-corrected chi connectivity index (χ2v) is 7.40. The third kappa shape index (κ3) is 8.59. The first-order valence-corrected chi connectivity index (χ1v) is 11.3. The van der Waals surface area contributed by atoms with E-state index in [1.165, 1.54) is 0 Å². The van der Waals surface area contributed by atoms with Crippen LogP contribution in [0.1, 0.15) is 35.3 Å². The fourth-order valence-electron chi connectivity index (χ4n) is 3.28. The molecule has 1 amide bonds. The van der Waals surface area contributed by atoms with E-state index in [-0.39, 0.29) is 5.91 Å². The molecule has 0 aliphatic rings. The van der Waals surface area contributed by atoms with Crippen LogP contribution >= 0.6 is 0 Å². The number of nitrogens with zero attached hydrogens (tertiary/aromatic N) is 2. The number of aliphatic imine (C=N–C) groups is 1. The van der Waals surface area contributed by atoms with Crippen molar-refractivity contribution in [1.29, 1.82) is 0 Å². The van der Waals surface area contributed by atoms with E-state index in [0.29, 0.717) is 18.7 Å². The zero-order chi connectivity index (χ0) is 23.2. The summed E-state index contributed by atoms with van der Waals surface area (Å²) in [6, 6.07) is 15.8. The second kappa shape index (κ2) is 14.1. The summed E-state index contributed by atoms with van der Waals surface area (Å²) in [7, 11) is 3.40. The first-order chi connectivity index (χ1) is 15.6. The number of likely N-dealkylation sites (N-methyl/N-ethyl adjacent to an activating group) is 1. The van der Waals surface area contributed by atoms with Crippen LogP contribution in [0.4, 0.5) is 0 Å². The lowest BCUT2D eigenvalue weighted by atomic mass is 10.1. The SMILES string of the molecule is CCN(CC)CCOc1ccc(CNC(=NC)NCCc2cccc(C(=O)NC)c2)cc1. The molecule has 32 heavy (non-hydrogen) atoms.